The zero-order valence-corrected chi connectivity index (χ0v) is 14.9. The number of aryl methyl sites for hydroxylation is 2. The van der Waals surface area contributed by atoms with E-state index in [2.05, 4.69) is 20.6 Å². The summed E-state index contributed by atoms with van der Waals surface area (Å²) < 4.78 is 13.3. The van der Waals surface area contributed by atoms with E-state index < -0.39 is 5.82 Å². The number of carbonyl (C=O) groups excluding carboxylic acids is 1. The maximum atomic E-state index is 13.3. The van der Waals surface area contributed by atoms with E-state index in [0.717, 1.165) is 5.56 Å². The fourth-order valence-corrected chi connectivity index (χ4v) is 2.46. The molecule has 1 aromatic heterocycles. The van der Waals surface area contributed by atoms with E-state index in [-0.39, 0.29) is 22.6 Å². The number of halogens is 2. The number of hydrogen-bond acceptors (Lipinski definition) is 4. The first-order chi connectivity index (χ1) is 12.4. The number of nitrogens with one attached hydrogen (secondary N) is 2. The smallest absolute Gasteiger partial charge is 0.274 e. The van der Waals surface area contributed by atoms with Gasteiger partial charge in [0.2, 0.25) is 5.95 Å². The summed E-state index contributed by atoms with van der Waals surface area (Å²) >= 11 is 5.77. The van der Waals surface area contributed by atoms with Gasteiger partial charge in [-0.1, -0.05) is 29.3 Å². The number of aromatic nitrogens is 2. The Hall–Kier alpha value is -2.99. The molecule has 26 heavy (non-hydrogen) atoms. The fourth-order valence-electron chi connectivity index (χ4n) is 2.28. The summed E-state index contributed by atoms with van der Waals surface area (Å²) in [6.45, 7) is 3.73. The molecule has 0 aliphatic carbocycles. The van der Waals surface area contributed by atoms with Crippen molar-refractivity contribution in [1.82, 2.24) is 9.97 Å². The molecule has 0 atom stereocenters. The third kappa shape index (κ3) is 4.34. The van der Waals surface area contributed by atoms with Crippen LogP contribution in [0.1, 0.15) is 21.7 Å². The molecule has 0 aliphatic rings. The molecule has 0 radical (unpaired) electrons. The molecule has 7 heteroatoms. The van der Waals surface area contributed by atoms with Gasteiger partial charge in [-0.2, -0.15) is 0 Å². The van der Waals surface area contributed by atoms with Gasteiger partial charge >= 0.3 is 0 Å². The average molecular weight is 371 g/mol. The highest BCUT2D eigenvalue weighted by molar-refractivity contribution is 6.31. The first-order valence-corrected chi connectivity index (χ1v) is 8.24. The third-order valence-electron chi connectivity index (χ3n) is 3.57. The number of hydrogen-bond donors (Lipinski definition) is 2. The van der Waals surface area contributed by atoms with Crippen LogP contribution in [0.5, 0.6) is 0 Å². The first kappa shape index (κ1) is 17.8. The van der Waals surface area contributed by atoms with Crippen molar-refractivity contribution < 1.29 is 9.18 Å². The van der Waals surface area contributed by atoms with E-state index in [1.54, 1.807) is 13.0 Å². The van der Waals surface area contributed by atoms with Crippen molar-refractivity contribution in [2.75, 3.05) is 10.6 Å². The van der Waals surface area contributed by atoms with Gasteiger partial charge in [-0.3, -0.25) is 4.79 Å². The number of anilines is 3. The summed E-state index contributed by atoms with van der Waals surface area (Å²) in [7, 11) is 0. The molecule has 0 spiro atoms. The molecule has 1 heterocycles. The predicted octanol–water partition coefficient (Wildman–Crippen LogP) is 4.88. The van der Waals surface area contributed by atoms with Crippen LogP contribution in [0.25, 0.3) is 0 Å². The largest absolute Gasteiger partial charge is 0.324 e. The normalized spacial score (nSPS) is 10.5. The lowest BCUT2D eigenvalue weighted by Gasteiger charge is -2.09. The fraction of sp³-hybridized carbons (Fsp3) is 0.105. The Morgan fingerprint density at radius 1 is 1.00 bits per heavy atom. The second-order valence-corrected chi connectivity index (χ2v) is 6.20. The van der Waals surface area contributed by atoms with E-state index in [4.69, 9.17) is 11.6 Å². The third-order valence-corrected chi connectivity index (χ3v) is 3.86. The van der Waals surface area contributed by atoms with Crippen LogP contribution in [0.3, 0.4) is 0 Å². The summed E-state index contributed by atoms with van der Waals surface area (Å²) in [4.78, 5) is 20.9. The Kier molecular flexibility index (Phi) is 5.14. The van der Waals surface area contributed by atoms with Gasteiger partial charge in [0.25, 0.3) is 5.91 Å². The SMILES string of the molecule is Cc1ccc(NC(=O)c2cc(C)nc(Nc3ccc(F)c(Cl)c3)n2)cc1. The number of nitrogens with zero attached hydrogens (tertiary/aromatic N) is 2. The van der Waals surface area contributed by atoms with Crippen LogP contribution in [0.4, 0.5) is 21.7 Å². The molecule has 132 valence electrons. The topological polar surface area (TPSA) is 66.9 Å². The average Bonchev–Trinajstić information content (AvgIpc) is 2.59. The van der Waals surface area contributed by atoms with Crippen LogP contribution in [0.15, 0.2) is 48.5 Å². The van der Waals surface area contributed by atoms with Crippen molar-refractivity contribution in [3.8, 4) is 0 Å². The van der Waals surface area contributed by atoms with Gasteiger partial charge < -0.3 is 10.6 Å². The number of amides is 1. The minimum absolute atomic E-state index is 0.0139. The first-order valence-electron chi connectivity index (χ1n) is 7.86. The number of carbonyl (C=O) groups is 1. The molecular formula is C19H16ClFN4O. The minimum atomic E-state index is -0.513. The van der Waals surface area contributed by atoms with Crippen LogP contribution in [0.2, 0.25) is 5.02 Å². The Bertz CT molecular complexity index is 960. The highest BCUT2D eigenvalue weighted by atomic mass is 35.5. The summed E-state index contributed by atoms with van der Waals surface area (Å²) in [5, 5.41) is 5.70. The molecule has 2 aromatic carbocycles. The highest BCUT2D eigenvalue weighted by Gasteiger charge is 2.12. The van der Waals surface area contributed by atoms with Crippen LogP contribution in [0, 0.1) is 19.7 Å². The molecule has 5 nitrogen and oxygen atoms in total. The zero-order chi connectivity index (χ0) is 18.7. The van der Waals surface area contributed by atoms with Crippen LogP contribution in [-0.4, -0.2) is 15.9 Å². The quantitative estimate of drug-likeness (QED) is 0.686. The lowest BCUT2D eigenvalue weighted by Crippen LogP contribution is -2.15. The molecule has 0 bridgehead atoms. The van der Waals surface area contributed by atoms with Gasteiger partial charge in [-0.15, -0.1) is 0 Å². The number of rotatable bonds is 4. The van der Waals surface area contributed by atoms with Crippen molar-refractivity contribution in [2.45, 2.75) is 13.8 Å². The van der Waals surface area contributed by atoms with E-state index in [1.165, 1.54) is 18.2 Å². The molecular weight excluding hydrogens is 355 g/mol. The van der Waals surface area contributed by atoms with Gasteiger partial charge in [-0.05, 0) is 50.2 Å². The van der Waals surface area contributed by atoms with Gasteiger partial charge in [0.05, 0.1) is 5.02 Å². The van der Waals surface area contributed by atoms with Crippen LogP contribution in [-0.2, 0) is 0 Å². The lowest BCUT2D eigenvalue weighted by molar-refractivity contribution is 0.102. The zero-order valence-electron chi connectivity index (χ0n) is 14.2. The minimum Gasteiger partial charge on any atom is -0.324 e. The second kappa shape index (κ2) is 7.49. The lowest BCUT2D eigenvalue weighted by atomic mass is 10.2. The second-order valence-electron chi connectivity index (χ2n) is 5.79. The van der Waals surface area contributed by atoms with Crippen molar-refractivity contribution in [1.29, 1.82) is 0 Å². The molecule has 3 rings (SSSR count). The van der Waals surface area contributed by atoms with Gasteiger partial charge in [0.1, 0.15) is 11.5 Å². The Morgan fingerprint density at radius 3 is 2.38 bits per heavy atom. The molecule has 3 aromatic rings. The summed E-state index contributed by atoms with van der Waals surface area (Å²) in [5.41, 5.74) is 3.13. The maximum Gasteiger partial charge on any atom is 0.274 e. The predicted molar refractivity (Wildman–Crippen MR) is 101 cm³/mol. The standard InChI is InChI=1S/C19H16ClFN4O/c1-11-3-5-13(6-4-11)23-18(26)17-9-12(2)22-19(25-17)24-14-7-8-16(21)15(20)10-14/h3-10H,1-2H3,(H,23,26)(H,22,24,25). The Labute approximate surface area is 155 Å². The molecule has 0 fully saturated rings. The molecule has 0 saturated heterocycles. The summed E-state index contributed by atoms with van der Waals surface area (Å²) in [6, 6.07) is 13.2. The highest BCUT2D eigenvalue weighted by Crippen LogP contribution is 2.21. The van der Waals surface area contributed by atoms with Gasteiger partial charge in [0.15, 0.2) is 0 Å². The van der Waals surface area contributed by atoms with Crippen molar-refractivity contribution >= 4 is 34.8 Å². The molecule has 0 unspecified atom stereocenters. The van der Waals surface area contributed by atoms with Gasteiger partial charge in [-0.25, -0.2) is 14.4 Å². The van der Waals surface area contributed by atoms with Crippen LogP contribution >= 0.6 is 11.6 Å². The molecule has 1 amide bonds. The molecule has 2 N–H and O–H groups in total. The van der Waals surface area contributed by atoms with Gasteiger partial charge in [0, 0.05) is 17.1 Å². The van der Waals surface area contributed by atoms with Crippen molar-refractivity contribution in [3.05, 3.63) is 76.3 Å². The van der Waals surface area contributed by atoms with E-state index >= 15 is 0 Å². The molecule has 0 saturated carbocycles. The molecule has 0 aliphatic heterocycles. The maximum absolute atomic E-state index is 13.3. The van der Waals surface area contributed by atoms with E-state index in [9.17, 15) is 9.18 Å². The summed E-state index contributed by atoms with van der Waals surface area (Å²) in [5.74, 6) is -0.637. The Balaban J connectivity index is 1.81. The van der Waals surface area contributed by atoms with E-state index in [0.29, 0.717) is 17.1 Å². The van der Waals surface area contributed by atoms with E-state index in [1.807, 2.05) is 31.2 Å². The summed E-state index contributed by atoms with van der Waals surface area (Å²) in [6.07, 6.45) is 0. The Morgan fingerprint density at radius 2 is 1.69 bits per heavy atom. The van der Waals surface area contributed by atoms with Crippen molar-refractivity contribution in [2.24, 2.45) is 0 Å². The van der Waals surface area contributed by atoms with Crippen LogP contribution < -0.4 is 10.6 Å². The monoisotopic (exact) mass is 370 g/mol. The number of benzene rings is 2. The van der Waals surface area contributed by atoms with Crippen molar-refractivity contribution in [3.63, 3.8) is 0 Å².